The van der Waals surface area contributed by atoms with Gasteiger partial charge in [-0.1, -0.05) is 22.0 Å². The second-order valence-corrected chi connectivity index (χ2v) is 9.85. The number of anilines is 3. The average Bonchev–Trinajstić information content (AvgIpc) is 2.76. The van der Waals surface area contributed by atoms with Gasteiger partial charge >= 0.3 is 0 Å². The van der Waals surface area contributed by atoms with Crippen LogP contribution in [0.3, 0.4) is 0 Å². The van der Waals surface area contributed by atoms with Crippen molar-refractivity contribution in [3.05, 3.63) is 82.6 Å². The van der Waals surface area contributed by atoms with Crippen molar-refractivity contribution in [3.8, 4) is 0 Å². The topological polar surface area (TPSA) is 70.2 Å². The number of rotatable bonds is 7. The molecule has 0 aliphatic carbocycles. The summed E-state index contributed by atoms with van der Waals surface area (Å²) in [5.41, 5.74) is 2.28. The minimum Gasteiger partial charge on any atom is -0.332 e. The molecule has 0 bridgehead atoms. The molecule has 3 N–H and O–H groups in total. The molecule has 0 radical (unpaired) electrons. The quantitative estimate of drug-likeness (QED) is 0.174. The Hall–Kier alpha value is -2.75. The zero-order valence-electron chi connectivity index (χ0n) is 17.8. The number of carbonyl (C=O) groups excluding carboxylic acids is 2. The van der Waals surface area contributed by atoms with Crippen LogP contribution in [-0.4, -0.2) is 22.1 Å². The fourth-order valence-corrected chi connectivity index (χ4v) is 4.31. The Balaban J connectivity index is 1.57. The zero-order chi connectivity index (χ0) is 24.0. The summed E-state index contributed by atoms with van der Waals surface area (Å²) in [6.07, 6.45) is 0. The van der Waals surface area contributed by atoms with Gasteiger partial charge in [-0.15, -0.1) is 11.8 Å². The Labute approximate surface area is 209 Å². The fourth-order valence-electron chi connectivity index (χ4n) is 2.81. The molecule has 1 unspecified atom stereocenters. The molecule has 3 aromatic rings. The van der Waals surface area contributed by atoms with Gasteiger partial charge in [0.05, 0.1) is 10.9 Å². The molecule has 0 aliphatic rings. The number of thioether (sulfide) groups is 1. The minimum atomic E-state index is -0.502. The van der Waals surface area contributed by atoms with E-state index in [0.29, 0.717) is 15.1 Å². The maximum atomic E-state index is 14.0. The van der Waals surface area contributed by atoms with Gasteiger partial charge in [0.1, 0.15) is 5.82 Å². The van der Waals surface area contributed by atoms with E-state index in [-0.39, 0.29) is 17.4 Å². The lowest BCUT2D eigenvalue weighted by Crippen LogP contribution is -2.23. The molecule has 1 atom stereocenters. The van der Waals surface area contributed by atoms with Gasteiger partial charge in [-0.2, -0.15) is 0 Å². The number of ketones is 1. The molecular formula is C24H21BrFN3O2S2. The van der Waals surface area contributed by atoms with Gasteiger partial charge in [-0.25, -0.2) is 4.39 Å². The number of benzene rings is 3. The Morgan fingerprint density at radius 3 is 2.33 bits per heavy atom. The lowest BCUT2D eigenvalue weighted by atomic mass is 10.1. The molecule has 5 nitrogen and oxygen atoms in total. The Morgan fingerprint density at radius 2 is 1.67 bits per heavy atom. The monoisotopic (exact) mass is 545 g/mol. The highest BCUT2D eigenvalue weighted by Crippen LogP contribution is 2.27. The van der Waals surface area contributed by atoms with Gasteiger partial charge in [0.25, 0.3) is 0 Å². The number of carbonyl (C=O) groups is 2. The van der Waals surface area contributed by atoms with Gasteiger partial charge in [-0.3, -0.25) is 9.59 Å². The zero-order valence-corrected chi connectivity index (χ0v) is 21.0. The molecular weight excluding hydrogens is 525 g/mol. The number of Topliss-reactive ketones (excluding diaryl/α,β-unsaturated/α-hetero) is 1. The van der Waals surface area contributed by atoms with E-state index in [0.717, 1.165) is 16.3 Å². The highest BCUT2D eigenvalue weighted by Gasteiger charge is 2.16. The summed E-state index contributed by atoms with van der Waals surface area (Å²) in [5, 5.41) is 8.74. The molecule has 9 heteroatoms. The van der Waals surface area contributed by atoms with E-state index in [1.807, 2.05) is 24.3 Å². The maximum absolute atomic E-state index is 14.0. The van der Waals surface area contributed by atoms with Crippen molar-refractivity contribution in [2.75, 3.05) is 16.0 Å². The summed E-state index contributed by atoms with van der Waals surface area (Å²) in [6.45, 7) is 3.27. The Kier molecular flexibility index (Phi) is 8.60. The number of halogens is 2. The number of hydrogen-bond acceptors (Lipinski definition) is 4. The molecule has 3 aromatic carbocycles. The van der Waals surface area contributed by atoms with Crippen LogP contribution in [0.5, 0.6) is 0 Å². The SMILES string of the molecule is CC(=O)c1ccc(NC(=S)Nc2cccc(SC(C)C(=O)Nc3ccc(Br)cc3F)c2)cc1. The summed E-state index contributed by atoms with van der Waals surface area (Å²) in [4.78, 5) is 24.7. The summed E-state index contributed by atoms with van der Waals surface area (Å²) < 4.78 is 14.6. The first-order valence-corrected chi connectivity index (χ1v) is 12.0. The molecule has 33 heavy (non-hydrogen) atoms. The van der Waals surface area contributed by atoms with Crippen molar-refractivity contribution in [2.24, 2.45) is 0 Å². The van der Waals surface area contributed by atoms with Crippen LogP contribution in [-0.2, 0) is 4.79 Å². The van der Waals surface area contributed by atoms with Crippen molar-refractivity contribution in [1.29, 1.82) is 0 Å². The molecule has 0 heterocycles. The molecule has 0 fully saturated rings. The summed E-state index contributed by atoms with van der Waals surface area (Å²) >= 11 is 9.92. The van der Waals surface area contributed by atoms with E-state index in [2.05, 4.69) is 31.9 Å². The van der Waals surface area contributed by atoms with E-state index in [9.17, 15) is 14.0 Å². The molecule has 0 aromatic heterocycles. The number of thiocarbonyl (C=S) groups is 1. The molecule has 0 spiro atoms. The molecule has 0 aliphatic heterocycles. The normalized spacial score (nSPS) is 11.4. The lowest BCUT2D eigenvalue weighted by Gasteiger charge is -2.14. The number of amides is 1. The van der Waals surface area contributed by atoms with Crippen LogP contribution in [0, 0.1) is 5.82 Å². The van der Waals surface area contributed by atoms with Crippen molar-refractivity contribution in [1.82, 2.24) is 0 Å². The second kappa shape index (κ2) is 11.4. The van der Waals surface area contributed by atoms with Crippen LogP contribution < -0.4 is 16.0 Å². The second-order valence-electron chi connectivity index (χ2n) is 7.11. The van der Waals surface area contributed by atoms with E-state index in [1.165, 1.54) is 30.8 Å². The standard InChI is InChI=1S/C24H21BrFN3O2S2/c1-14(30)16-6-9-18(10-7-16)27-24(32)28-19-4-3-5-20(13-19)33-15(2)23(31)29-22-11-8-17(25)12-21(22)26/h3-13,15H,1-2H3,(H,29,31)(H2,27,28,32). The molecule has 170 valence electrons. The first kappa shape index (κ1) is 24.9. The fraction of sp³-hybridized carbons (Fsp3) is 0.125. The van der Waals surface area contributed by atoms with Crippen LogP contribution in [0.15, 0.2) is 76.1 Å². The molecule has 3 rings (SSSR count). The van der Waals surface area contributed by atoms with Gasteiger partial charge < -0.3 is 16.0 Å². The summed E-state index contributed by atoms with van der Waals surface area (Å²) in [6, 6.07) is 19.0. The maximum Gasteiger partial charge on any atom is 0.237 e. The average molecular weight is 546 g/mol. The van der Waals surface area contributed by atoms with E-state index >= 15 is 0 Å². The highest BCUT2D eigenvalue weighted by molar-refractivity contribution is 9.10. The number of nitrogens with one attached hydrogen (secondary N) is 3. The van der Waals surface area contributed by atoms with Crippen molar-refractivity contribution < 1.29 is 14.0 Å². The Morgan fingerprint density at radius 1 is 0.970 bits per heavy atom. The summed E-state index contributed by atoms with van der Waals surface area (Å²) in [5.74, 6) is -0.801. The number of hydrogen-bond donors (Lipinski definition) is 3. The van der Waals surface area contributed by atoms with Crippen molar-refractivity contribution in [3.63, 3.8) is 0 Å². The lowest BCUT2D eigenvalue weighted by molar-refractivity contribution is -0.115. The predicted molar refractivity (Wildman–Crippen MR) is 141 cm³/mol. The molecule has 0 saturated carbocycles. The smallest absolute Gasteiger partial charge is 0.237 e. The third-order valence-electron chi connectivity index (χ3n) is 4.51. The van der Waals surface area contributed by atoms with Gasteiger partial charge in [0.15, 0.2) is 10.9 Å². The Bertz CT molecular complexity index is 1190. The van der Waals surface area contributed by atoms with E-state index < -0.39 is 11.1 Å². The van der Waals surface area contributed by atoms with Crippen LogP contribution in [0.1, 0.15) is 24.2 Å². The van der Waals surface area contributed by atoms with E-state index in [1.54, 1.807) is 37.3 Å². The van der Waals surface area contributed by atoms with Crippen LogP contribution >= 0.6 is 39.9 Å². The predicted octanol–water partition coefficient (Wildman–Crippen LogP) is 6.72. The van der Waals surface area contributed by atoms with Gasteiger partial charge in [0, 0.05) is 26.3 Å². The van der Waals surface area contributed by atoms with Crippen molar-refractivity contribution >= 4 is 73.8 Å². The van der Waals surface area contributed by atoms with Gasteiger partial charge in [0.2, 0.25) is 5.91 Å². The first-order chi connectivity index (χ1) is 15.7. The van der Waals surface area contributed by atoms with Gasteiger partial charge in [-0.05, 0) is 86.7 Å². The summed E-state index contributed by atoms with van der Waals surface area (Å²) in [7, 11) is 0. The first-order valence-electron chi connectivity index (χ1n) is 9.93. The molecule has 0 saturated heterocycles. The highest BCUT2D eigenvalue weighted by atomic mass is 79.9. The van der Waals surface area contributed by atoms with Crippen LogP contribution in [0.2, 0.25) is 0 Å². The van der Waals surface area contributed by atoms with E-state index in [4.69, 9.17) is 12.2 Å². The molecule has 1 amide bonds. The third-order valence-corrected chi connectivity index (χ3v) is 6.30. The van der Waals surface area contributed by atoms with Crippen LogP contribution in [0.25, 0.3) is 0 Å². The largest absolute Gasteiger partial charge is 0.332 e. The third kappa shape index (κ3) is 7.38. The van der Waals surface area contributed by atoms with Crippen molar-refractivity contribution in [2.45, 2.75) is 24.0 Å². The van der Waals surface area contributed by atoms with Crippen LogP contribution in [0.4, 0.5) is 21.5 Å². The minimum absolute atomic E-state index is 0.00134.